The van der Waals surface area contributed by atoms with E-state index >= 15 is 0 Å². The van der Waals surface area contributed by atoms with Crippen molar-refractivity contribution in [3.05, 3.63) is 58.6 Å². The van der Waals surface area contributed by atoms with E-state index in [0.717, 1.165) is 5.56 Å². The lowest BCUT2D eigenvalue weighted by Crippen LogP contribution is -2.45. The number of aromatic carboxylic acids is 1. The summed E-state index contributed by atoms with van der Waals surface area (Å²) in [5.74, 6) is -1.39. The summed E-state index contributed by atoms with van der Waals surface area (Å²) in [6.45, 7) is 2.16. The molecule has 0 fully saturated rings. The Labute approximate surface area is 207 Å². The van der Waals surface area contributed by atoms with Gasteiger partial charge in [0.25, 0.3) is 0 Å². The van der Waals surface area contributed by atoms with Crippen molar-refractivity contribution >= 4 is 40.9 Å². The number of nitrogens with zero attached hydrogens (tertiary/aromatic N) is 2. The van der Waals surface area contributed by atoms with Crippen LogP contribution in [0.3, 0.4) is 0 Å². The summed E-state index contributed by atoms with van der Waals surface area (Å²) in [6.07, 6.45) is 0.312. The summed E-state index contributed by atoms with van der Waals surface area (Å²) in [7, 11) is 1.54. The van der Waals surface area contributed by atoms with Crippen LogP contribution in [-0.4, -0.2) is 67.0 Å². The maximum Gasteiger partial charge on any atom is 0.335 e. The lowest BCUT2D eigenvalue weighted by Gasteiger charge is -2.24. The highest BCUT2D eigenvalue weighted by Crippen LogP contribution is 2.26. The number of rotatable bonds is 9. The zero-order valence-corrected chi connectivity index (χ0v) is 20.2. The van der Waals surface area contributed by atoms with Crippen LogP contribution in [0.15, 0.2) is 47.5 Å². The van der Waals surface area contributed by atoms with Gasteiger partial charge in [-0.1, -0.05) is 17.7 Å². The molecule has 0 radical (unpaired) electrons. The molecule has 0 saturated heterocycles. The van der Waals surface area contributed by atoms with Crippen molar-refractivity contribution in [3.8, 4) is 5.75 Å². The minimum absolute atomic E-state index is 0.0412. The van der Waals surface area contributed by atoms with Gasteiger partial charge in [0.05, 0.1) is 38.3 Å². The van der Waals surface area contributed by atoms with Gasteiger partial charge in [-0.2, -0.15) is 0 Å². The fraction of sp³-hybridized carbons (Fsp3) is 0.333. The zero-order valence-electron chi connectivity index (χ0n) is 19.4. The van der Waals surface area contributed by atoms with Gasteiger partial charge in [0.15, 0.2) is 0 Å². The number of hydrogen-bond acceptors (Lipinski definition) is 7. The summed E-state index contributed by atoms with van der Waals surface area (Å²) in [4.78, 5) is 48.5. The van der Waals surface area contributed by atoms with Crippen molar-refractivity contribution in [3.63, 3.8) is 0 Å². The van der Waals surface area contributed by atoms with Crippen molar-refractivity contribution < 1.29 is 29.1 Å². The summed E-state index contributed by atoms with van der Waals surface area (Å²) in [5, 5.41) is 12.3. The molecule has 1 atom stereocenters. The third kappa shape index (κ3) is 7.17. The number of amides is 2. The lowest BCUT2D eigenvalue weighted by atomic mass is 9.97. The van der Waals surface area contributed by atoms with E-state index in [4.69, 9.17) is 26.3 Å². The van der Waals surface area contributed by atoms with Crippen LogP contribution in [-0.2, 0) is 20.8 Å². The molecule has 0 aromatic heterocycles. The first-order valence-corrected chi connectivity index (χ1v) is 11.3. The second kappa shape index (κ2) is 12.2. The Morgan fingerprint density at radius 3 is 2.77 bits per heavy atom. The number of amidine groups is 1. The van der Waals surface area contributed by atoms with Crippen LogP contribution in [0, 0.1) is 5.92 Å². The normalized spacial score (nSPS) is 15.7. The molecule has 2 aromatic rings. The van der Waals surface area contributed by atoms with Crippen LogP contribution in [0.25, 0.3) is 0 Å². The third-order valence-electron chi connectivity index (χ3n) is 5.27. The molecule has 2 amide bonds. The van der Waals surface area contributed by atoms with Crippen molar-refractivity contribution in [2.75, 3.05) is 38.7 Å². The number of carboxylic acid groups (broad SMARTS) is 1. The number of hydrogen-bond donors (Lipinski definition) is 3. The molecule has 3 rings (SSSR count). The average molecular weight is 503 g/mol. The minimum Gasteiger partial charge on any atom is -0.496 e. The smallest absolute Gasteiger partial charge is 0.335 e. The van der Waals surface area contributed by atoms with Crippen molar-refractivity contribution in [2.24, 2.45) is 10.9 Å². The van der Waals surface area contributed by atoms with Gasteiger partial charge in [-0.15, -0.1) is 0 Å². The number of nitrogens with one attached hydrogen (secondary N) is 2. The molecule has 0 saturated carbocycles. The Morgan fingerprint density at radius 1 is 1.26 bits per heavy atom. The quantitative estimate of drug-likeness (QED) is 0.449. The van der Waals surface area contributed by atoms with Crippen LogP contribution in [0.4, 0.5) is 5.69 Å². The first-order valence-electron chi connectivity index (χ1n) is 11.0. The molecule has 11 heteroatoms. The second-order valence-corrected chi connectivity index (χ2v) is 8.24. The van der Waals surface area contributed by atoms with Gasteiger partial charge in [0.1, 0.15) is 18.1 Å². The van der Waals surface area contributed by atoms with Gasteiger partial charge in [0.2, 0.25) is 11.8 Å². The Morgan fingerprint density at radius 2 is 2.06 bits per heavy atom. The van der Waals surface area contributed by atoms with E-state index in [-0.39, 0.29) is 31.1 Å². The highest BCUT2D eigenvalue weighted by Gasteiger charge is 2.31. The number of ether oxygens (including phenoxy) is 1. The first kappa shape index (κ1) is 26.0. The molecule has 2 aromatic carbocycles. The van der Waals surface area contributed by atoms with Gasteiger partial charge < -0.3 is 20.1 Å². The molecule has 1 heterocycles. The number of carboxylic acids is 1. The third-order valence-corrected chi connectivity index (χ3v) is 5.51. The standard InChI is InChI=1S/C24H27ClN4O6/c1-3-35-28-21-13-29(14-22(30)27-19-6-4-5-15(11-19)24(32)33)23(31)17(12-26-21)9-16-10-18(25)7-8-20(16)34-2/h4-8,10-11,17H,3,9,12-14H2,1-2H3,(H,26,28)(H,27,30)(H,32,33)/t17-/m1/s1. The Kier molecular flexibility index (Phi) is 9.04. The zero-order chi connectivity index (χ0) is 25.4. The van der Waals surface area contributed by atoms with Crippen molar-refractivity contribution in [1.82, 2.24) is 10.4 Å². The molecule has 186 valence electrons. The molecule has 10 nitrogen and oxygen atoms in total. The fourth-order valence-corrected chi connectivity index (χ4v) is 3.84. The molecular weight excluding hydrogens is 476 g/mol. The highest BCUT2D eigenvalue weighted by atomic mass is 35.5. The number of halogens is 1. The van der Waals surface area contributed by atoms with E-state index in [2.05, 4.69) is 15.8 Å². The highest BCUT2D eigenvalue weighted by molar-refractivity contribution is 6.30. The molecule has 0 aliphatic carbocycles. The van der Waals surface area contributed by atoms with E-state index in [1.165, 1.54) is 23.1 Å². The molecule has 0 bridgehead atoms. The van der Waals surface area contributed by atoms with Crippen molar-refractivity contribution in [2.45, 2.75) is 13.3 Å². The number of hydroxylamine groups is 1. The molecule has 0 unspecified atom stereocenters. The predicted molar refractivity (Wildman–Crippen MR) is 131 cm³/mol. The Balaban J connectivity index is 1.79. The number of anilines is 1. The molecule has 0 spiro atoms. The van der Waals surface area contributed by atoms with E-state index in [1.807, 2.05) is 0 Å². The van der Waals surface area contributed by atoms with Crippen LogP contribution < -0.4 is 15.5 Å². The Hall–Kier alpha value is -3.63. The van der Waals surface area contributed by atoms with Crippen LogP contribution >= 0.6 is 11.6 Å². The largest absolute Gasteiger partial charge is 0.496 e. The maximum absolute atomic E-state index is 13.4. The minimum atomic E-state index is -1.11. The topological polar surface area (TPSA) is 130 Å². The van der Waals surface area contributed by atoms with Crippen LogP contribution in [0.1, 0.15) is 22.8 Å². The van der Waals surface area contributed by atoms with Crippen molar-refractivity contribution in [1.29, 1.82) is 0 Å². The average Bonchev–Trinajstić information content (AvgIpc) is 2.97. The van der Waals surface area contributed by atoms with Gasteiger partial charge >= 0.3 is 5.97 Å². The summed E-state index contributed by atoms with van der Waals surface area (Å²) >= 11 is 6.15. The monoisotopic (exact) mass is 502 g/mol. The van der Waals surface area contributed by atoms with Crippen LogP contribution in [0.2, 0.25) is 5.02 Å². The summed E-state index contributed by atoms with van der Waals surface area (Å²) in [5.41, 5.74) is 3.85. The molecule has 1 aliphatic heterocycles. The second-order valence-electron chi connectivity index (χ2n) is 7.81. The first-order chi connectivity index (χ1) is 16.8. The lowest BCUT2D eigenvalue weighted by molar-refractivity contribution is -0.137. The van der Waals surface area contributed by atoms with Crippen LogP contribution in [0.5, 0.6) is 5.75 Å². The van der Waals surface area contributed by atoms with E-state index in [0.29, 0.717) is 35.3 Å². The molecule has 1 aliphatic rings. The van der Waals surface area contributed by atoms with Gasteiger partial charge in [-0.05, 0) is 55.3 Å². The fourth-order valence-electron chi connectivity index (χ4n) is 3.65. The number of benzene rings is 2. The summed E-state index contributed by atoms with van der Waals surface area (Å²) < 4.78 is 5.41. The number of carbonyl (C=O) groups is 3. The Bertz CT molecular complexity index is 1120. The molecular formula is C24H27ClN4O6. The van der Waals surface area contributed by atoms with Gasteiger partial charge in [-0.3, -0.25) is 24.9 Å². The molecule has 35 heavy (non-hydrogen) atoms. The number of carbonyl (C=O) groups excluding carboxylic acids is 2. The molecule has 3 N–H and O–H groups in total. The maximum atomic E-state index is 13.4. The van der Waals surface area contributed by atoms with E-state index < -0.39 is 17.8 Å². The van der Waals surface area contributed by atoms with E-state index in [9.17, 15) is 14.4 Å². The number of methoxy groups -OCH3 is 1. The van der Waals surface area contributed by atoms with E-state index in [1.54, 1.807) is 38.3 Å². The SMILES string of the molecule is CCONC1=NC[C@@H](Cc2cc(Cl)ccc2OC)C(=O)N(CC(=O)Nc2cccc(C(=O)O)c2)C1. The van der Waals surface area contributed by atoms with Gasteiger partial charge in [-0.25, -0.2) is 4.79 Å². The summed E-state index contributed by atoms with van der Waals surface area (Å²) in [6, 6.07) is 11.1. The van der Waals surface area contributed by atoms with Gasteiger partial charge in [0, 0.05) is 10.7 Å². The number of aliphatic imine (C=N–C) groups is 1. The predicted octanol–water partition coefficient (Wildman–Crippen LogP) is 2.63.